The Balaban J connectivity index is 1.51. The molecule has 1 N–H and O–H groups in total. The van der Waals surface area contributed by atoms with E-state index in [1.807, 2.05) is 0 Å². The lowest BCUT2D eigenvalue weighted by Gasteiger charge is -2.44. The third kappa shape index (κ3) is 2.10. The van der Waals surface area contributed by atoms with Gasteiger partial charge >= 0.3 is 0 Å². The summed E-state index contributed by atoms with van der Waals surface area (Å²) in [5.74, 6) is 4.19. The molecule has 0 radical (unpaired) electrons. The Labute approximate surface area is 181 Å². The standard InChI is InChI=1S/C29H36O/c30-27-23-10-2-1-9-22(23)25(29-16-6-11-24(29)19-12-13-21(29)17-19)18-26(27)28-14-4-3-7-20(28)8-5-15-28/h1-2,9-10,18-21,24,30H,3-8,11-17H2. The summed E-state index contributed by atoms with van der Waals surface area (Å²) >= 11 is 0. The van der Waals surface area contributed by atoms with Gasteiger partial charge in [-0.3, -0.25) is 0 Å². The average Bonchev–Trinajstić information content (AvgIpc) is 3.55. The van der Waals surface area contributed by atoms with E-state index in [2.05, 4.69) is 30.3 Å². The van der Waals surface area contributed by atoms with Crippen molar-refractivity contribution in [2.24, 2.45) is 23.7 Å². The van der Waals surface area contributed by atoms with Crippen molar-refractivity contribution >= 4 is 10.8 Å². The number of hydrogen-bond donors (Lipinski definition) is 1. The van der Waals surface area contributed by atoms with Gasteiger partial charge in [-0.25, -0.2) is 0 Å². The molecule has 0 saturated heterocycles. The van der Waals surface area contributed by atoms with Gasteiger partial charge in [0, 0.05) is 21.8 Å². The Morgan fingerprint density at radius 1 is 0.733 bits per heavy atom. The zero-order valence-corrected chi connectivity index (χ0v) is 18.3. The molecule has 5 aliphatic carbocycles. The summed E-state index contributed by atoms with van der Waals surface area (Å²) in [5.41, 5.74) is 3.68. The molecule has 0 aromatic heterocycles. The second-order valence-corrected chi connectivity index (χ2v) is 11.7. The van der Waals surface area contributed by atoms with Crippen LogP contribution in [0.4, 0.5) is 0 Å². The highest BCUT2D eigenvalue weighted by atomic mass is 16.3. The van der Waals surface area contributed by atoms with Crippen molar-refractivity contribution in [1.82, 2.24) is 0 Å². The van der Waals surface area contributed by atoms with E-state index in [0.29, 0.717) is 11.2 Å². The highest BCUT2D eigenvalue weighted by Crippen LogP contribution is 2.68. The Bertz CT molecular complexity index is 1010. The fraction of sp³-hybridized carbons (Fsp3) is 0.655. The molecule has 7 rings (SSSR count). The minimum Gasteiger partial charge on any atom is -0.507 e. The topological polar surface area (TPSA) is 20.2 Å². The van der Waals surface area contributed by atoms with Gasteiger partial charge in [0.1, 0.15) is 5.75 Å². The minimum atomic E-state index is 0.253. The summed E-state index contributed by atoms with van der Waals surface area (Å²) in [7, 11) is 0. The van der Waals surface area contributed by atoms with Crippen molar-refractivity contribution in [1.29, 1.82) is 0 Å². The molecule has 2 bridgehead atoms. The lowest BCUT2D eigenvalue weighted by Crippen LogP contribution is -2.38. The summed E-state index contributed by atoms with van der Waals surface area (Å²) in [4.78, 5) is 0. The van der Waals surface area contributed by atoms with Crippen LogP contribution in [0.2, 0.25) is 0 Å². The van der Waals surface area contributed by atoms with Gasteiger partial charge in [-0.15, -0.1) is 0 Å². The Kier molecular flexibility index (Phi) is 3.78. The SMILES string of the molecule is Oc1c(C23CCCCC2CCC3)cc(C23CCCC2C2CCC3C2)c2ccccc12. The molecule has 0 aliphatic heterocycles. The van der Waals surface area contributed by atoms with E-state index in [1.54, 1.807) is 5.56 Å². The lowest BCUT2D eigenvalue weighted by atomic mass is 9.60. The quantitative estimate of drug-likeness (QED) is 0.549. The van der Waals surface area contributed by atoms with Crippen molar-refractivity contribution in [2.45, 2.75) is 94.3 Å². The molecule has 6 atom stereocenters. The van der Waals surface area contributed by atoms with Crippen molar-refractivity contribution in [2.75, 3.05) is 0 Å². The summed E-state index contributed by atoms with van der Waals surface area (Å²) in [5, 5.41) is 14.2. The fourth-order valence-corrected chi connectivity index (χ4v) is 9.96. The van der Waals surface area contributed by atoms with Gasteiger partial charge in [-0.1, -0.05) is 56.0 Å². The van der Waals surface area contributed by atoms with E-state index < -0.39 is 0 Å². The summed E-state index contributed by atoms with van der Waals surface area (Å²) < 4.78 is 0. The van der Waals surface area contributed by atoms with Crippen LogP contribution in [0.1, 0.15) is 94.6 Å². The molecule has 30 heavy (non-hydrogen) atoms. The van der Waals surface area contributed by atoms with E-state index in [1.165, 1.54) is 94.4 Å². The lowest BCUT2D eigenvalue weighted by molar-refractivity contribution is 0.201. The van der Waals surface area contributed by atoms with Gasteiger partial charge < -0.3 is 5.11 Å². The third-order valence-corrected chi connectivity index (χ3v) is 11.0. The maximum atomic E-state index is 11.7. The summed E-state index contributed by atoms with van der Waals surface area (Å²) in [6.07, 6.45) is 18.1. The van der Waals surface area contributed by atoms with Gasteiger partial charge in [0.25, 0.3) is 0 Å². The predicted octanol–water partition coefficient (Wildman–Crippen LogP) is 7.63. The molecule has 1 heteroatoms. The van der Waals surface area contributed by atoms with Crippen molar-refractivity contribution in [3.05, 3.63) is 41.5 Å². The predicted molar refractivity (Wildman–Crippen MR) is 123 cm³/mol. The molecule has 0 heterocycles. The van der Waals surface area contributed by atoms with Crippen LogP contribution < -0.4 is 0 Å². The first-order valence-corrected chi connectivity index (χ1v) is 13.0. The van der Waals surface area contributed by atoms with Crippen molar-refractivity contribution in [3.63, 3.8) is 0 Å². The van der Waals surface area contributed by atoms with Crippen LogP contribution >= 0.6 is 0 Å². The molecule has 5 aliphatic rings. The van der Waals surface area contributed by atoms with Gasteiger partial charge in [-0.2, -0.15) is 0 Å². The monoisotopic (exact) mass is 400 g/mol. The summed E-state index contributed by atoms with van der Waals surface area (Å²) in [6.45, 7) is 0. The number of rotatable bonds is 2. The second-order valence-electron chi connectivity index (χ2n) is 11.7. The van der Waals surface area contributed by atoms with Crippen LogP contribution in [-0.4, -0.2) is 5.11 Å². The zero-order chi connectivity index (χ0) is 19.9. The summed E-state index contributed by atoms with van der Waals surface area (Å²) in [6, 6.07) is 11.5. The largest absolute Gasteiger partial charge is 0.507 e. The second kappa shape index (κ2) is 6.27. The van der Waals surface area contributed by atoms with Crippen molar-refractivity contribution < 1.29 is 5.11 Å². The van der Waals surface area contributed by atoms with Gasteiger partial charge in [0.05, 0.1) is 0 Å². The number of benzene rings is 2. The van der Waals surface area contributed by atoms with Gasteiger partial charge in [-0.05, 0) is 92.4 Å². The first kappa shape index (κ1) is 18.1. The van der Waals surface area contributed by atoms with E-state index in [9.17, 15) is 5.11 Å². The molecule has 5 saturated carbocycles. The molecule has 5 fully saturated rings. The van der Waals surface area contributed by atoms with Crippen LogP contribution in [0, 0.1) is 23.7 Å². The molecule has 0 amide bonds. The molecular weight excluding hydrogens is 364 g/mol. The molecule has 2 aromatic carbocycles. The normalized spacial score (nSPS) is 42.0. The molecular formula is C29H36O. The van der Waals surface area contributed by atoms with Crippen LogP contribution in [0.3, 0.4) is 0 Å². The highest BCUT2D eigenvalue weighted by molar-refractivity contribution is 5.93. The molecule has 0 spiro atoms. The van der Waals surface area contributed by atoms with Crippen LogP contribution in [0.25, 0.3) is 10.8 Å². The van der Waals surface area contributed by atoms with Gasteiger partial charge in [0.2, 0.25) is 0 Å². The minimum absolute atomic E-state index is 0.253. The number of aromatic hydroxyl groups is 1. The van der Waals surface area contributed by atoms with Crippen LogP contribution in [0.15, 0.2) is 30.3 Å². The Morgan fingerprint density at radius 3 is 2.47 bits per heavy atom. The van der Waals surface area contributed by atoms with Crippen LogP contribution in [0.5, 0.6) is 5.75 Å². The molecule has 158 valence electrons. The van der Waals surface area contributed by atoms with E-state index in [4.69, 9.17) is 0 Å². The fourth-order valence-electron chi connectivity index (χ4n) is 9.96. The zero-order valence-electron chi connectivity index (χ0n) is 18.3. The molecule has 1 nitrogen and oxygen atoms in total. The number of phenols is 1. The van der Waals surface area contributed by atoms with E-state index in [0.717, 1.165) is 29.1 Å². The molecule has 6 unspecified atom stereocenters. The first-order valence-electron chi connectivity index (χ1n) is 13.0. The average molecular weight is 401 g/mol. The number of phenolic OH excluding ortho intramolecular Hbond substituents is 1. The Hall–Kier alpha value is -1.50. The Morgan fingerprint density at radius 2 is 1.53 bits per heavy atom. The van der Waals surface area contributed by atoms with Crippen molar-refractivity contribution in [3.8, 4) is 5.75 Å². The third-order valence-electron chi connectivity index (χ3n) is 11.0. The van der Waals surface area contributed by atoms with Gasteiger partial charge in [0.15, 0.2) is 0 Å². The highest BCUT2D eigenvalue weighted by Gasteiger charge is 2.61. The van der Waals surface area contributed by atoms with E-state index in [-0.39, 0.29) is 5.41 Å². The van der Waals surface area contributed by atoms with E-state index >= 15 is 0 Å². The smallest absolute Gasteiger partial charge is 0.127 e. The maximum absolute atomic E-state index is 11.7. The molecule has 2 aromatic rings. The maximum Gasteiger partial charge on any atom is 0.127 e. The number of hydrogen-bond acceptors (Lipinski definition) is 1. The number of fused-ring (bicyclic) bond motifs is 7. The van der Waals surface area contributed by atoms with Crippen LogP contribution in [-0.2, 0) is 10.8 Å². The first-order chi connectivity index (χ1) is 14.7.